The number of para-hydroxylation sites is 2. The number of urea groups is 1. The van der Waals surface area contributed by atoms with Gasteiger partial charge in [0.05, 0.1) is 12.1 Å². The lowest BCUT2D eigenvalue weighted by Crippen LogP contribution is -2.61. The Labute approximate surface area is 342 Å². The molecular weight excluding hydrogens is 733 g/mol. The van der Waals surface area contributed by atoms with Crippen molar-refractivity contribution in [3.63, 3.8) is 0 Å². The Kier molecular flexibility index (Phi) is 15.5. The number of aliphatic hydroxyl groups is 1. The first-order chi connectivity index (χ1) is 27.8. The van der Waals surface area contributed by atoms with Crippen molar-refractivity contribution in [2.24, 2.45) is 5.92 Å². The van der Waals surface area contributed by atoms with Crippen molar-refractivity contribution in [1.29, 1.82) is 0 Å². The summed E-state index contributed by atoms with van der Waals surface area (Å²) in [6, 6.07) is 28.0. The van der Waals surface area contributed by atoms with Crippen LogP contribution in [0.1, 0.15) is 60.1 Å². The molecule has 1 aliphatic heterocycles. The lowest BCUT2D eigenvalue weighted by molar-refractivity contribution is -0.134. The number of carbonyl (C=O) groups excluding carboxylic acids is 4. The van der Waals surface area contributed by atoms with Crippen LogP contribution in [0.25, 0.3) is 0 Å². The van der Waals surface area contributed by atoms with Gasteiger partial charge in [0, 0.05) is 19.1 Å². The summed E-state index contributed by atoms with van der Waals surface area (Å²) in [6.45, 7) is 11.4. The van der Waals surface area contributed by atoms with Gasteiger partial charge in [-0.3, -0.25) is 19.3 Å². The molecule has 5 rings (SSSR count). The molecule has 1 fully saturated rings. The van der Waals surface area contributed by atoms with Gasteiger partial charge in [0.2, 0.25) is 5.91 Å². The number of aliphatic hydroxyl groups excluding tert-OH is 1. The Morgan fingerprint density at radius 1 is 0.690 bits per heavy atom. The van der Waals surface area contributed by atoms with Crippen molar-refractivity contribution in [3.05, 3.63) is 130 Å². The number of ether oxygens (including phenoxy) is 2. The van der Waals surface area contributed by atoms with E-state index in [1.54, 1.807) is 0 Å². The molecule has 4 atom stereocenters. The van der Waals surface area contributed by atoms with Gasteiger partial charge in [-0.1, -0.05) is 111 Å². The number of carbonyl (C=O) groups is 4. The zero-order valence-electron chi connectivity index (χ0n) is 34.6. The fourth-order valence-corrected chi connectivity index (χ4v) is 7.68. The Bertz CT molecular complexity index is 1960. The van der Waals surface area contributed by atoms with Crippen LogP contribution in [0.15, 0.2) is 97.1 Å². The Balaban J connectivity index is 1.32. The molecule has 0 bridgehead atoms. The monoisotopic (exact) mass is 790 g/mol. The lowest BCUT2D eigenvalue weighted by Gasteiger charge is -2.40. The number of hydrogen-bond acceptors (Lipinski definition) is 7. The van der Waals surface area contributed by atoms with Gasteiger partial charge in [-0.15, -0.1) is 0 Å². The van der Waals surface area contributed by atoms with E-state index in [-0.39, 0.29) is 43.9 Å². The van der Waals surface area contributed by atoms with Gasteiger partial charge in [0.1, 0.15) is 17.5 Å². The summed E-state index contributed by atoms with van der Waals surface area (Å²) < 4.78 is 11.8. The maximum Gasteiger partial charge on any atom is 0.327 e. The summed E-state index contributed by atoms with van der Waals surface area (Å²) >= 11 is 0. The van der Waals surface area contributed by atoms with E-state index in [9.17, 15) is 24.3 Å². The topological polar surface area (TPSA) is 138 Å². The fraction of sp³-hybridized carbons (Fsp3) is 0.404. The first-order valence-electron chi connectivity index (χ1n) is 20.2. The molecule has 11 heteroatoms. The normalized spacial score (nSPS) is 15.0. The van der Waals surface area contributed by atoms with E-state index in [2.05, 4.69) is 10.6 Å². The predicted molar refractivity (Wildman–Crippen MR) is 225 cm³/mol. The zero-order chi connectivity index (χ0) is 41.8. The Morgan fingerprint density at radius 2 is 1.21 bits per heavy atom. The molecule has 3 N–H and O–H groups in total. The molecule has 0 saturated carbocycles. The summed E-state index contributed by atoms with van der Waals surface area (Å²) in [6.07, 6.45) is 0.270. The first kappa shape index (κ1) is 43.4. The molecule has 0 unspecified atom stereocenters. The van der Waals surface area contributed by atoms with Gasteiger partial charge < -0.3 is 30.1 Å². The third kappa shape index (κ3) is 11.7. The molecular formula is C47H58N4O7. The first-order valence-corrected chi connectivity index (χ1v) is 20.2. The van der Waals surface area contributed by atoms with Crippen molar-refractivity contribution < 1.29 is 33.8 Å². The largest absolute Gasteiger partial charge is 0.483 e. The standard InChI is InChI=1S/C47H58N4O7/c1-31(2)43(51-25-15-24-50(47(51)56)42(54)30-58-45-34(5)18-14-19-35(45)6)46(55)48-38(26-36-20-9-7-10-21-36)28-40(52)39(27-37-22-11-8-12-23-37)49-41(53)29-57-44-32(3)16-13-17-33(44)4/h7-14,16-23,31,38-40,43,52H,15,24-30H2,1-6H3,(H,48,55)(H,49,53)/t38-,39-,40-,43-/m0/s1. The number of imide groups is 1. The summed E-state index contributed by atoms with van der Waals surface area (Å²) in [5.74, 6) is -0.282. The van der Waals surface area contributed by atoms with Crippen molar-refractivity contribution in [3.8, 4) is 11.5 Å². The molecule has 308 valence electrons. The van der Waals surface area contributed by atoms with Crippen molar-refractivity contribution in [2.75, 3.05) is 26.3 Å². The van der Waals surface area contributed by atoms with Crippen LogP contribution < -0.4 is 20.1 Å². The number of amides is 5. The number of nitrogens with one attached hydrogen (secondary N) is 2. The smallest absolute Gasteiger partial charge is 0.327 e. The van der Waals surface area contributed by atoms with Crippen LogP contribution in [-0.2, 0) is 27.2 Å². The zero-order valence-corrected chi connectivity index (χ0v) is 34.6. The second kappa shape index (κ2) is 20.7. The van der Waals surface area contributed by atoms with Crippen LogP contribution in [0.4, 0.5) is 4.79 Å². The summed E-state index contributed by atoms with van der Waals surface area (Å²) in [7, 11) is 0. The third-order valence-corrected chi connectivity index (χ3v) is 10.6. The minimum Gasteiger partial charge on any atom is -0.483 e. The fourth-order valence-electron chi connectivity index (χ4n) is 7.68. The molecule has 0 aliphatic carbocycles. The number of hydrogen-bond donors (Lipinski definition) is 3. The second-order valence-corrected chi connectivity index (χ2v) is 15.6. The van der Waals surface area contributed by atoms with Gasteiger partial charge in [-0.2, -0.15) is 0 Å². The molecule has 58 heavy (non-hydrogen) atoms. The molecule has 5 amide bonds. The molecule has 4 aromatic rings. The maximum atomic E-state index is 14.4. The van der Waals surface area contributed by atoms with Crippen LogP contribution in [0.3, 0.4) is 0 Å². The van der Waals surface area contributed by atoms with Gasteiger partial charge >= 0.3 is 6.03 Å². The molecule has 0 radical (unpaired) electrons. The number of benzene rings is 4. The quantitative estimate of drug-likeness (QED) is 0.108. The summed E-state index contributed by atoms with van der Waals surface area (Å²) in [5.41, 5.74) is 5.49. The molecule has 0 aromatic heterocycles. The number of aryl methyl sites for hydroxylation is 4. The minimum absolute atomic E-state index is 0.106. The summed E-state index contributed by atoms with van der Waals surface area (Å²) in [4.78, 5) is 57.8. The minimum atomic E-state index is -1.07. The third-order valence-electron chi connectivity index (χ3n) is 10.6. The van der Waals surface area contributed by atoms with Gasteiger partial charge in [-0.25, -0.2) is 4.79 Å². The molecule has 0 spiro atoms. The van der Waals surface area contributed by atoms with Crippen LogP contribution in [-0.4, -0.2) is 89.2 Å². The summed E-state index contributed by atoms with van der Waals surface area (Å²) in [5, 5.41) is 18.1. The van der Waals surface area contributed by atoms with E-state index >= 15 is 0 Å². The molecule has 1 heterocycles. The van der Waals surface area contributed by atoms with Gasteiger partial charge in [-0.05, 0) is 92.7 Å². The van der Waals surface area contributed by atoms with Crippen molar-refractivity contribution >= 4 is 23.8 Å². The highest BCUT2D eigenvalue weighted by atomic mass is 16.5. The Hall–Kier alpha value is -5.68. The highest BCUT2D eigenvalue weighted by molar-refractivity contribution is 5.98. The van der Waals surface area contributed by atoms with E-state index in [4.69, 9.17) is 9.47 Å². The van der Waals surface area contributed by atoms with E-state index in [1.165, 1.54) is 9.80 Å². The average Bonchev–Trinajstić information content (AvgIpc) is 3.18. The molecule has 4 aromatic carbocycles. The van der Waals surface area contributed by atoms with Crippen LogP contribution in [0.2, 0.25) is 0 Å². The van der Waals surface area contributed by atoms with E-state index in [1.807, 2.05) is 139 Å². The van der Waals surface area contributed by atoms with Gasteiger partial charge in [0.15, 0.2) is 13.2 Å². The number of nitrogens with zero attached hydrogens (tertiary/aromatic N) is 2. The molecule has 1 aliphatic rings. The highest BCUT2D eigenvalue weighted by Gasteiger charge is 2.40. The lowest BCUT2D eigenvalue weighted by atomic mass is 9.92. The van der Waals surface area contributed by atoms with Crippen LogP contribution >= 0.6 is 0 Å². The van der Waals surface area contributed by atoms with Crippen LogP contribution in [0, 0.1) is 33.6 Å². The SMILES string of the molecule is Cc1cccc(C)c1OCC(=O)N[C@@H](Cc1ccccc1)[C@@H](O)C[C@H](Cc1ccccc1)NC(=O)[C@H](C(C)C)N1CCCN(C(=O)COc2c(C)cccc2C)C1=O. The van der Waals surface area contributed by atoms with E-state index < -0.39 is 36.2 Å². The second-order valence-electron chi connectivity index (χ2n) is 15.6. The van der Waals surface area contributed by atoms with Crippen molar-refractivity contribution in [2.45, 2.75) is 91.5 Å². The predicted octanol–water partition coefficient (Wildman–Crippen LogP) is 6.26. The van der Waals surface area contributed by atoms with E-state index in [0.29, 0.717) is 37.3 Å². The van der Waals surface area contributed by atoms with Crippen molar-refractivity contribution in [1.82, 2.24) is 20.4 Å². The average molecular weight is 791 g/mol. The number of rotatable bonds is 18. The highest BCUT2D eigenvalue weighted by Crippen LogP contribution is 2.25. The maximum absolute atomic E-state index is 14.4. The molecule has 11 nitrogen and oxygen atoms in total. The Morgan fingerprint density at radius 3 is 1.74 bits per heavy atom. The van der Waals surface area contributed by atoms with Gasteiger partial charge in [0.25, 0.3) is 11.8 Å². The van der Waals surface area contributed by atoms with Crippen LogP contribution in [0.5, 0.6) is 11.5 Å². The van der Waals surface area contributed by atoms with E-state index in [0.717, 1.165) is 33.4 Å². The molecule has 1 saturated heterocycles.